The maximum Gasteiger partial charge on any atom is 0.145 e. The van der Waals surface area contributed by atoms with Gasteiger partial charge in [-0.1, -0.05) is 59.8 Å². The Balaban J connectivity index is 1.95. The number of aliphatic hydroxyl groups is 4. The monoisotopic (exact) mass is 510 g/mol. The van der Waals surface area contributed by atoms with Gasteiger partial charge >= 0.3 is 0 Å². The van der Waals surface area contributed by atoms with Gasteiger partial charge in [0, 0.05) is 23.9 Å². The van der Waals surface area contributed by atoms with Crippen LogP contribution in [-0.2, 0) is 4.79 Å². The van der Waals surface area contributed by atoms with Gasteiger partial charge < -0.3 is 20.4 Å². The van der Waals surface area contributed by atoms with Crippen LogP contribution >= 0.6 is 0 Å². The summed E-state index contributed by atoms with van der Waals surface area (Å²) in [5.41, 5.74) is 2.60. The van der Waals surface area contributed by atoms with E-state index in [2.05, 4.69) is 38.7 Å². The summed E-state index contributed by atoms with van der Waals surface area (Å²) in [6, 6.07) is 0. The summed E-state index contributed by atoms with van der Waals surface area (Å²) in [6.07, 6.45) is 16.0. The lowest BCUT2D eigenvalue weighted by Crippen LogP contribution is -2.63. The van der Waals surface area contributed by atoms with Gasteiger partial charge in [-0.3, -0.25) is 4.79 Å². The molecular weight excluding hydrogens is 464 g/mol. The number of aliphatic hydroxyl groups excluding tert-OH is 3. The Hall–Kier alpha value is -2.05. The third kappa shape index (κ3) is 5.70. The molecule has 0 saturated heterocycles. The lowest BCUT2D eigenvalue weighted by atomic mass is 9.46. The average molecular weight is 511 g/mol. The highest BCUT2D eigenvalue weighted by Crippen LogP contribution is 2.66. The summed E-state index contributed by atoms with van der Waals surface area (Å²) in [5, 5.41) is 44.0. The number of hydrogen-bond acceptors (Lipinski definition) is 5. The van der Waals surface area contributed by atoms with Crippen molar-refractivity contribution in [2.75, 3.05) is 13.2 Å². The summed E-state index contributed by atoms with van der Waals surface area (Å²) < 4.78 is 0. The molecule has 1 spiro atoms. The van der Waals surface area contributed by atoms with E-state index in [1.165, 1.54) is 5.57 Å². The van der Waals surface area contributed by atoms with Gasteiger partial charge in [-0.25, -0.2) is 0 Å². The zero-order valence-electron chi connectivity index (χ0n) is 23.0. The second-order valence-corrected chi connectivity index (χ2v) is 11.7. The third-order valence-electron chi connectivity index (χ3n) is 9.12. The molecule has 3 rings (SSSR count). The maximum absolute atomic E-state index is 12.0. The smallest absolute Gasteiger partial charge is 0.145 e. The van der Waals surface area contributed by atoms with Crippen molar-refractivity contribution in [3.05, 3.63) is 70.9 Å². The first kappa shape index (κ1) is 29.5. The van der Waals surface area contributed by atoms with Crippen molar-refractivity contribution in [1.29, 1.82) is 0 Å². The summed E-state index contributed by atoms with van der Waals surface area (Å²) in [6.45, 7) is 11.7. The first-order chi connectivity index (χ1) is 17.5. The van der Waals surface area contributed by atoms with Crippen molar-refractivity contribution in [2.24, 2.45) is 29.1 Å². The predicted octanol–water partition coefficient (Wildman–Crippen LogP) is 4.99. The fraction of sp³-hybridized carbons (Fsp3) is 0.594. The van der Waals surface area contributed by atoms with E-state index in [0.29, 0.717) is 31.3 Å². The number of fused-ring (bicyclic) bond motifs is 3. The summed E-state index contributed by atoms with van der Waals surface area (Å²) in [4.78, 5) is 11.9. The number of allylic oxidation sites excluding steroid dienone is 10. The molecule has 0 heterocycles. The molecular formula is C32H46O5. The quantitative estimate of drug-likeness (QED) is 0.144. The molecule has 5 heteroatoms. The van der Waals surface area contributed by atoms with Crippen LogP contribution in [0.3, 0.4) is 0 Å². The zero-order valence-corrected chi connectivity index (χ0v) is 23.0. The number of carbonyl (C=O) groups excluding carboxylic acids is 1. The van der Waals surface area contributed by atoms with E-state index in [0.717, 1.165) is 35.8 Å². The van der Waals surface area contributed by atoms with Crippen LogP contribution in [0.4, 0.5) is 0 Å². The summed E-state index contributed by atoms with van der Waals surface area (Å²) in [7, 11) is 0. The molecule has 2 fully saturated rings. The SMILES string of the molecule is C=C(C=CC=C(CO)C1CCC2(C1O)C1C(=C(C)C=O)C(C=CC1CCO)CC2(C)O)CCC=C(C)C. The third-order valence-corrected chi connectivity index (χ3v) is 9.12. The normalized spacial score (nSPS) is 36.8. The molecule has 3 aliphatic carbocycles. The van der Waals surface area contributed by atoms with E-state index >= 15 is 0 Å². The number of hydrogen-bond donors (Lipinski definition) is 4. The number of carbonyl (C=O) groups is 1. The van der Waals surface area contributed by atoms with E-state index < -0.39 is 17.1 Å². The van der Waals surface area contributed by atoms with Gasteiger partial charge in [0.25, 0.3) is 0 Å². The maximum atomic E-state index is 12.0. The molecule has 204 valence electrons. The molecule has 5 nitrogen and oxygen atoms in total. The minimum atomic E-state index is -1.17. The van der Waals surface area contributed by atoms with E-state index in [1.54, 1.807) is 0 Å². The van der Waals surface area contributed by atoms with Gasteiger partial charge in [0.15, 0.2) is 0 Å². The summed E-state index contributed by atoms with van der Waals surface area (Å²) >= 11 is 0. The van der Waals surface area contributed by atoms with Gasteiger partial charge in [-0.15, -0.1) is 0 Å². The zero-order chi connectivity index (χ0) is 27.4. The standard InChI is InChI=1S/C32H46O5/c1-21(2)8-6-9-22(3)10-7-11-26(20-35)27-14-16-32(30(27)36)29-24(15-17-33)12-13-25(18-31(32,5)37)28(29)23(4)19-34/h7-8,10-13,19,24-25,27,29-30,33,35-37H,3,6,9,14-18,20H2,1-2,4-5H3. The van der Waals surface area contributed by atoms with Gasteiger partial charge in [0.2, 0.25) is 0 Å². The Morgan fingerprint density at radius 1 is 1.22 bits per heavy atom. The van der Waals surface area contributed by atoms with Gasteiger partial charge in [-0.2, -0.15) is 0 Å². The molecule has 0 radical (unpaired) electrons. The molecule has 7 unspecified atom stereocenters. The highest BCUT2D eigenvalue weighted by atomic mass is 16.3. The first-order valence-corrected chi connectivity index (χ1v) is 13.7. The molecule has 4 N–H and O–H groups in total. The molecule has 0 aromatic rings. The van der Waals surface area contributed by atoms with Crippen molar-refractivity contribution in [3.63, 3.8) is 0 Å². The Morgan fingerprint density at radius 3 is 2.57 bits per heavy atom. The minimum absolute atomic E-state index is 0.00851. The fourth-order valence-corrected chi connectivity index (χ4v) is 7.37. The number of rotatable bonds is 10. The van der Waals surface area contributed by atoms with Crippen LogP contribution in [0.2, 0.25) is 0 Å². The van der Waals surface area contributed by atoms with Crippen LogP contribution in [0.1, 0.15) is 66.2 Å². The molecule has 2 saturated carbocycles. The van der Waals surface area contributed by atoms with Gasteiger partial charge in [-0.05, 0) is 89.2 Å². The molecule has 3 aliphatic rings. The fourth-order valence-electron chi connectivity index (χ4n) is 7.37. The highest BCUT2D eigenvalue weighted by Gasteiger charge is 2.67. The van der Waals surface area contributed by atoms with Crippen molar-refractivity contribution in [3.8, 4) is 0 Å². The molecule has 0 amide bonds. The highest BCUT2D eigenvalue weighted by molar-refractivity contribution is 5.74. The van der Waals surface area contributed by atoms with Crippen molar-refractivity contribution in [1.82, 2.24) is 0 Å². The molecule has 37 heavy (non-hydrogen) atoms. The Bertz CT molecular complexity index is 1010. The van der Waals surface area contributed by atoms with E-state index in [9.17, 15) is 25.2 Å². The average Bonchev–Trinajstić information content (AvgIpc) is 3.19. The van der Waals surface area contributed by atoms with Crippen molar-refractivity contribution in [2.45, 2.75) is 77.9 Å². The topological polar surface area (TPSA) is 98.0 Å². The van der Waals surface area contributed by atoms with Crippen LogP contribution in [0.25, 0.3) is 0 Å². The second kappa shape index (κ2) is 12.2. The Labute approximate surface area is 222 Å². The van der Waals surface area contributed by atoms with E-state index in [-0.39, 0.29) is 36.9 Å². The number of aldehydes is 1. The molecule has 7 atom stereocenters. The lowest BCUT2D eigenvalue weighted by Gasteiger charge is -2.60. The predicted molar refractivity (Wildman–Crippen MR) is 149 cm³/mol. The van der Waals surface area contributed by atoms with Crippen molar-refractivity contribution >= 4 is 6.29 Å². The van der Waals surface area contributed by atoms with E-state index in [4.69, 9.17) is 0 Å². The molecule has 0 aliphatic heterocycles. The molecule has 0 aromatic carbocycles. The van der Waals surface area contributed by atoms with Crippen molar-refractivity contribution < 1.29 is 25.2 Å². The Morgan fingerprint density at radius 2 is 1.95 bits per heavy atom. The van der Waals surface area contributed by atoms with Crippen LogP contribution in [0, 0.1) is 29.1 Å². The molecule has 2 bridgehead atoms. The first-order valence-electron chi connectivity index (χ1n) is 13.7. The van der Waals surface area contributed by atoms with Gasteiger partial charge in [0.05, 0.1) is 18.3 Å². The van der Waals surface area contributed by atoms with Crippen LogP contribution in [-0.4, -0.2) is 51.6 Å². The lowest BCUT2D eigenvalue weighted by molar-refractivity contribution is -0.181. The summed E-state index contributed by atoms with van der Waals surface area (Å²) in [5.74, 6) is -0.717. The van der Waals surface area contributed by atoms with Gasteiger partial charge in [0.1, 0.15) is 6.29 Å². The van der Waals surface area contributed by atoms with E-state index in [1.807, 2.05) is 32.1 Å². The molecule has 0 aromatic heterocycles. The van der Waals surface area contributed by atoms with Crippen LogP contribution in [0.15, 0.2) is 70.9 Å². The second-order valence-electron chi connectivity index (χ2n) is 11.7. The largest absolute Gasteiger partial charge is 0.396 e. The minimum Gasteiger partial charge on any atom is -0.396 e. The van der Waals surface area contributed by atoms with Crippen LogP contribution < -0.4 is 0 Å². The van der Waals surface area contributed by atoms with Crippen LogP contribution in [0.5, 0.6) is 0 Å². The Kier molecular flexibility index (Phi) is 9.73.